The molecule has 2 aromatic carbocycles. The highest BCUT2D eigenvalue weighted by Gasteiger charge is 2.09. The molecule has 0 aromatic heterocycles. The largest absolute Gasteiger partial charge is 0.478 e. The summed E-state index contributed by atoms with van der Waals surface area (Å²) in [5.74, 6) is -1.28. The van der Waals surface area contributed by atoms with Crippen molar-refractivity contribution in [2.45, 2.75) is 13.8 Å². The molecule has 4 nitrogen and oxygen atoms in total. The Bertz CT molecular complexity index is 685. The number of carboxylic acids is 1. The number of amides is 1. The van der Waals surface area contributed by atoms with Crippen molar-refractivity contribution in [3.05, 3.63) is 63.1 Å². The summed E-state index contributed by atoms with van der Waals surface area (Å²) in [6.07, 6.45) is 0. The number of aryl methyl sites for hydroxylation is 2. The number of carbonyl (C=O) groups excluding carboxylic acids is 1. The van der Waals surface area contributed by atoms with Gasteiger partial charge in [-0.05, 0) is 61.4 Å². The van der Waals surface area contributed by atoms with Crippen LogP contribution in [0.15, 0.2) is 40.9 Å². The van der Waals surface area contributed by atoms with Gasteiger partial charge in [0.1, 0.15) is 0 Å². The van der Waals surface area contributed by atoms with Gasteiger partial charge in [0.15, 0.2) is 0 Å². The lowest BCUT2D eigenvalue weighted by Crippen LogP contribution is -2.12. The molecule has 2 N–H and O–H groups in total. The van der Waals surface area contributed by atoms with Crippen LogP contribution in [0.25, 0.3) is 0 Å². The average Bonchev–Trinajstić information content (AvgIpc) is 2.44. The molecule has 0 radical (unpaired) electrons. The average molecular weight is 348 g/mol. The molecule has 0 atom stereocenters. The number of benzene rings is 2. The minimum Gasteiger partial charge on any atom is -0.478 e. The Kier molecular flexibility index (Phi) is 4.43. The summed E-state index contributed by atoms with van der Waals surface area (Å²) in [5.41, 5.74) is 3.35. The predicted molar refractivity (Wildman–Crippen MR) is 85.0 cm³/mol. The number of anilines is 1. The van der Waals surface area contributed by atoms with Gasteiger partial charge in [-0.15, -0.1) is 0 Å². The number of rotatable bonds is 3. The van der Waals surface area contributed by atoms with E-state index in [1.807, 2.05) is 26.0 Å². The molecule has 108 valence electrons. The number of aromatic carboxylic acids is 1. The summed E-state index contributed by atoms with van der Waals surface area (Å²) < 4.78 is 1.02. The number of halogens is 1. The van der Waals surface area contributed by atoms with Crippen LogP contribution < -0.4 is 5.32 Å². The second-order valence-corrected chi connectivity index (χ2v) is 5.55. The molecule has 2 rings (SSSR count). The molecule has 5 heteroatoms. The maximum atomic E-state index is 12.1. The SMILES string of the molecule is Cc1cc(NC(=O)c2ccc(C(=O)O)cc2)cc(C)c1Br. The summed E-state index contributed by atoms with van der Waals surface area (Å²) in [6.45, 7) is 3.91. The van der Waals surface area contributed by atoms with Gasteiger partial charge in [-0.3, -0.25) is 4.79 Å². The molecule has 0 bridgehead atoms. The van der Waals surface area contributed by atoms with Crippen LogP contribution in [0, 0.1) is 13.8 Å². The Labute approximate surface area is 130 Å². The summed E-state index contributed by atoms with van der Waals surface area (Å²) in [7, 11) is 0. The van der Waals surface area contributed by atoms with Crippen LogP contribution in [-0.4, -0.2) is 17.0 Å². The van der Waals surface area contributed by atoms with E-state index >= 15 is 0 Å². The van der Waals surface area contributed by atoms with Crippen molar-refractivity contribution in [3.63, 3.8) is 0 Å². The fourth-order valence-corrected chi connectivity index (χ4v) is 2.21. The number of carbonyl (C=O) groups is 2. The van der Waals surface area contributed by atoms with Crippen LogP contribution in [0.1, 0.15) is 31.8 Å². The molecule has 0 fully saturated rings. The first kappa shape index (κ1) is 15.3. The van der Waals surface area contributed by atoms with Crippen molar-refractivity contribution in [2.24, 2.45) is 0 Å². The third kappa shape index (κ3) is 3.49. The maximum absolute atomic E-state index is 12.1. The Morgan fingerprint density at radius 1 is 1.00 bits per heavy atom. The summed E-state index contributed by atoms with van der Waals surface area (Å²) >= 11 is 3.48. The van der Waals surface area contributed by atoms with Gasteiger partial charge in [-0.1, -0.05) is 15.9 Å². The third-order valence-corrected chi connectivity index (χ3v) is 4.34. The Hall–Kier alpha value is -2.14. The fourth-order valence-electron chi connectivity index (χ4n) is 1.99. The Morgan fingerprint density at radius 3 is 1.95 bits per heavy atom. The lowest BCUT2D eigenvalue weighted by atomic mass is 10.1. The van der Waals surface area contributed by atoms with Crippen LogP contribution in [0.3, 0.4) is 0 Å². The quantitative estimate of drug-likeness (QED) is 0.881. The van der Waals surface area contributed by atoms with E-state index in [1.165, 1.54) is 24.3 Å². The topological polar surface area (TPSA) is 66.4 Å². The first-order chi connectivity index (χ1) is 9.88. The molecule has 0 aliphatic heterocycles. The minimum atomic E-state index is -1.01. The van der Waals surface area contributed by atoms with Crippen molar-refractivity contribution < 1.29 is 14.7 Å². The minimum absolute atomic E-state index is 0.155. The van der Waals surface area contributed by atoms with E-state index in [0.717, 1.165) is 15.6 Å². The van der Waals surface area contributed by atoms with Gasteiger partial charge in [-0.2, -0.15) is 0 Å². The van der Waals surface area contributed by atoms with Gasteiger partial charge < -0.3 is 10.4 Å². The zero-order valence-corrected chi connectivity index (χ0v) is 13.2. The summed E-state index contributed by atoms with van der Waals surface area (Å²) in [4.78, 5) is 22.9. The van der Waals surface area contributed by atoms with Crippen LogP contribution in [0.2, 0.25) is 0 Å². The molecule has 0 saturated carbocycles. The van der Waals surface area contributed by atoms with Gasteiger partial charge >= 0.3 is 5.97 Å². The fraction of sp³-hybridized carbons (Fsp3) is 0.125. The molecule has 2 aromatic rings. The third-order valence-electron chi connectivity index (χ3n) is 3.09. The van der Waals surface area contributed by atoms with Crippen LogP contribution in [-0.2, 0) is 0 Å². The maximum Gasteiger partial charge on any atom is 0.335 e. The first-order valence-corrected chi connectivity index (χ1v) is 7.09. The highest BCUT2D eigenvalue weighted by molar-refractivity contribution is 9.10. The van der Waals surface area contributed by atoms with Crippen LogP contribution in [0.5, 0.6) is 0 Å². The van der Waals surface area contributed by atoms with Crippen molar-refractivity contribution in [2.75, 3.05) is 5.32 Å². The zero-order chi connectivity index (χ0) is 15.6. The standard InChI is InChI=1S/C16H14BrNO3/c1-9-7-13(8-10(2)14(9)17)18-15(19)11-3-5-12(6-4-11)16(20)21/h3-8H,1-2H3,(H,18,19)(H,20,21). The van der Waals surface area contributed by atoms with Gasteiger partial charge in [-0.25, -0.2) is 4.79 Å². The first-order valence-electron chi connectivity index (χ1n) is 6.30. The lowest BCUT2D eigenvalue weighted by Gasteiger charge is -2.10. The lowest BCUT2D eigenvalue weighted by molar-refractivity contribution is 0.0696. The Morgan fingerprint density at radius 2 is 1.48 bits per heavy atom. The van der Waals surface area contributed by atoms with Crippen LogP contribution in [0.4, 0.5) is 5.69 Å². The highest BCUT2D eigenvalue weighted by atomic mass is 79.9. The number of hydrogen-bond acceptors (Lipinski definition) is 2. The molecule has 0 aliphatic rings. The van der Waals surface area contributed by atoms with E-state index in [2.05, 4.69) is 21.2 Å². The van der Waals surface area contributed by atoms with E-state index in [1.54, 1.807) is 0 Å². The number of nitrogens with one attached hydrogen (secondary N) is 1. The van der Waals surface area contributed by atoms with Gasteiger partial charge in [0.25, 0.3) is 5.91 Å². The Balaban J connectivity index is 2.20. The molecule has 0 saturated heterocycles. The molecule has 0 heterocycles. The van der Waals surface area contributed by atoms with Crippen molar-refractivity contribution in [1.82, 2.24) is 0 Å². The molecule has 1 amide bonds. The van der Waals surface area contributed by atoms with Crippen molar-refractivity contribution in [3.8, 4) is 0 Å². The van der Waals surface area contributed by atoms with E-state index < -0.39 is 5.97 Å². The van der Waals surface area contributed by atoms with Gasteiger partial charge in [0.2, 0.25) is 0 Å². The summed E-state index contributed by atoms with van der Waals surface area (Å²) in [6, 6.07) is 9.57. The van der Waals surface area contributed by atoms with E-state index in [4.69, 9.17) is 5.11 Å². The van der Waals surface area contributed by atoms with Crippen molar-refractivity contribution in [1.29, 1.82) is 0 Å². The monoisotopic (exact) mass is 347 g/mol. The van der Waals surface area contributed by atoms with E-state index in [-0.39, 0.29) is 11.5 Å². The smallest absolute Gasteiger partial charge is 0.335 e. The van der Waals surface area contributed by atoms with Crippen molar-refractivity contribution >= 4 is 33.5 Å². The van der Waals surface area contributed by atoms with E-state index in [0.29, 0.717) is 11.3 Å². The molecular weight excluding hydrogens is 334 g/mol. The molecule has 0 aliphatic carbocycles. The predicted octanol–water partition coefficient (Wildman–Crippen LogP) is 4.02. The normalized spacial score (nSPS) is 10.2. The summed E-state index contributed by atoms with van der Waals surface area (Å²) in [5, 5.41) is 11.6. The van der Waals surface area contributed by atoms with E-state index in [9.17, 15) is 9.59 Å². The second-order valence-electron chi connectivity index (χ2n) is 4.76. The molecule has 0 unspecified atom stereocenters. The highest BCUT2D eigenvalue weighted by Crippen LogP contribution is 2.25. The zero-order valence-electron chi connectivity index (χ0n) is 11.6. The molecular formula is C16H14BrNO3. The molecule has 0 spiro atoms. The number of hydrogen-bond donors (Lipinski definition) is 2. The van der Waals surface area contributed by atoms with Gasteiger partial charge in [0.05, 0.1) is 5.56 Å². The van der Waals surface area contributed by atoms with Crippen LogP contribution >= 0.6 is 15.9 Å². The van der Waals surface area contributed by atoms with Gasteiger partial charge in [0, 0.05) is 15.7 Å². The molecule has 21 heavy (non-hydrogen) atoms. The number of carboxylic acid groups (broad SMARTS) is 1. The second kappa shape index (κ2) is 6.10.